The van der Waals surface area contributed by atoms with Gasteiger partial charge in [-0.1, -0.05) is 23.7 Å². The van der Waals surface area contributed by atoms with Crippen molar-refractivity contribution >= 4 is 22.6 Å². The Hall–Kier alpha value is -1.98. The highest BCUT2D eigenvalue weighted by Crippen LogP contribution is 2.23. The largest absolute Gasteiger partial charge is 0.330 e. The van der Waals surface area contributed by atoms with E-state index < -0.39 is 5.82 Å². The molecular weight excluding hydrogens is 279 g/mol. The van der Waals surface area contributed by atoms with Crippen molar-refractivity contribution in [1.82, 2.24) is 14.5 Å². The number of rotatable bonds is 3. The lowest BCUT2D eigenvalue weighted by atomic mass is 10.3. The van der Waals surface area contributed by atoms with Crippen LogP contribution in [0.4, 0.5) is 4.39 Å². The lowest BCUT2D eigenvalue weighted by Crippen LogP contribution is -2.11. The number of nitrogens with two attached hydrogens (primary N) is 1. The third kappa shape index (κ3) is 2.15. The Morgan fingerprint density at radius 2 is 2.10 bits per heavy atom. The van der Waals surface area contributed by atoms with Gasteiger partial charge in [0, 0.05) is 12.6 Å². The third-order valence-electron chi connectivity index (χ3n) is 3.00. The van der Waals surface area contributed by atoms with Gasteiger partial charge in [-0.25, -0.2) is 14.4 Å². The first-order valence-corrected chi connectivity index (χ1v) is 6.56. The number of nitrogens with zero attached hydrogens (tertiary/aromatic N) is 3. The SMILES string of the molecule is NCCc1nc2ccccc2n1-c1ncc(Cl)cc1F. The zero-order valence-electron chi connectivity index (χ0n) is 10.6. The average Bonchev–Trinajstić information content (AvgIpc) is 2.78. The molecule has 2 N–H and O–H groups in total. The van der Waals surface area contributed by atoms with Crippen LogP contribution in [0.1, 0.15) is 5.82 Å². The molecule has 3 rings (SSSR count). The number of halogens is 2. The van der Waals surface area contributed by atoms with Crippen LogP contribution >= 0.6 is 11.6 Å². The zero-order valence-corrected chi connectivity index (χ0v) is 11.3. The molecule has 6 heteroatoms. The van der Waals surface area contributed by atoms with E-state index in [9.17, 15) is 4.39 Å². The van der Waals surface area contributed by atoms with E-state index in [0.29, 0.717) is 18.8 Å². The highest BCUT2D eigenvalue weighted by atomic mass is 35.5. The molecule has 102 valence electrons. The molecule has 0 saturated carbocycles. The van der Waals surface area contributed by atoms with Crippen LogP contribution in [0, 0.1) is 5.82 Å². The molecule has 0 radical (unpaired) electrons. The van der Waals surface area contributed by atoms with Crippen LogP contribution in [-0.4, -0.2) is 21.1 Å². The van der Waals surface area contributed by atoms with Crippen molar-refractivity contribution in [2.75, 3.05) is 6.54 Å². The number of fused-ring (bicyclic) bond motifs is 1. The molecule has 3 aromatic rings. The number of pyridine rings is 1. The second-order valence-corrected chi connectivity index (χ2v) is 4.79. The van der Waals surface area contributed by atoms with Gasteiger partial charge in [-0.15, -0.1) is 0 Å². The molecule has 0 bridgehead atoms. The summed E-state index contributed by atoms with van der Waals surface area (Å²) in [5.41, 5.74) is 7.18. The molecule has 0 unspecified atom stereocenters. The Balaban J connectivity index is 2.30. The standard InChI is InChI=1S/C14H12ClFN4/c15-9-7-10(16)14(18-8-9)20-12-4-2-1-3-11(12)19-13(20)5-6-17/h1-4,7-8H,5-6,17H2. The number of hydrogen-bond donors (Lipinski definition) is 1. The third-order valence-corrected chi connectivity index (χ3v) is 3.21. The Kier molecular flexibility index (Phi) is 3.38. The van der Waals surface area contributed by atoms with Crippen LogP contribution in [-0.2, 0) is 6.42 Å². The van der Waals surface area contributed by atoms with E-state index in [1.165, 1.54) is 12.3 Å². The topological polar surface area (TPSA) is 56.7 Å². The number of aromatic nitrogens is 3. The second-order valence-electron chi connectivity index (χ2n) is 4.35. The first-order chi connectivity index (χ1) is 9.70. The maximum atomic E-state index is 14.1. The molecule has 0 saturated heterocycles. The van der Waals surface area contributed by atoms with Crippen LogP contribution in [0.5, 0.6) is 0 Å². The van der Waals surface area contributed by atoms with Crippen molar-refractivity contribution in [3.63, 3.8) is 0 Å². The molecule has 2 heterocycles. The number of hydrogen-bond acceptors (Lipinski definition) is 3. The molecule has 0 amide bonds. The molecule has 0 fully saturated rings. The molecule has 0 spiro atoms. The molecule has 20 heavy (non-hydrogen) atoms. The minimum Gasteiger partial charge on any atom is -0.330 e. The molecule has 0 aliphatic heterocycles. The Bertz CT molecular complexity index is 769. The van der Waals surface area contributed by atoms with E-state index in [2.05, 4.69) is 9.97 Å². The van der Waals surface area contributed by atoms with Gasteiger partial charge in [0.05, 0.1) is 16.1 Å². The lowest BCUT2D eigenvalue weighted by Gasteiger charge is -2.08. The number of para-hydroxylation sites is 2. The summed E-state index contributed by atoms with van der Waals surface area (Å²) < 4.78 is 15.8. The molecule has 4 nitrogen and oxygen atoms in total. The summed E-state index contributed by atoms with van der Waals surface area (Å²) in [6.45, 7) is 0.429. The summed E-state index contributed by atoms with van der Waals surface area (Å²) >= 11 is 5.75. The highest BCUT2D eigenvalue weighted by molar-refractivity contribution is 6.30. The Labute approximate surface area is 120 Å². The summed E-state index contributed by atoms with van der Waals surface area (Å²) in [5, 5.41) is 0.260. The highest BCUT2D eigenvalue weighted by Gasteiger charge is 2.16. The van der Waals surface area contributed by atoms with Crippen molar-refractivity contribution in [2.24, 2.45) is 5.73 Å². The van der Waals surface area contributed by atoms with E-state index >= 15 is 0 Å². The van der Waals surface area contributed by atoms with Gasteiger partial charge in [0.1, 0.15) is 5.82 Å². The fourth-order valence-electron chi connectivity index (χ4n) is 2.18. The van der Waals surface area contributed by atoms with Gasteiger partial charge < -0.3 is 5.73 Å². The van der Waals surface area contributed by atoms with Gasteiger partial charge in [-0.2, -0.15) is 0 Å². The van der Waals surface area contributed by atoms with Gasteiger partial charge in [0.15, 0.2) is 11.6 Å². The second kappa shape index (κ2) is 5.19. The van der Waals surface area contributed by atoms with E-state index in [1.54, 1.807) is 4.57 Å². The van der Waals surface area contributed by atoms with Crippen molar-refractivity contribution < 1.29 is 4.39 Å². The quantitative estimate of drug-likeness (QED) is 0.807. The minimum absolute atomic E-state index is 0.187. The fraction of sp³-hybridized carbons (Fsp3) is 0.143. The maximum absolute atomic E-state index is 14.1. The van der Waals surface area contributed by atoms with Crippen molar-refractivity contribution in [3.8, 4) is 5.82 Å². The fourth-order valence-corrected chi connectivity index (χ4v) is 2.33. The zero-order chi connectivity index (χ0) is 14.1. The monoisotopic (exact) mass is 290 g/mol. The maximum Gasteiger partial charge on any atom is 0.175 e. The van der Waals surface area contributed by atoms with Crippen LogP contribution in [0.2, 0.25) is 5.02 Å². The normalized spacial score (nSPS) is 11.2. The van der Waals surface area contributed by atoms with Crippen LogP contribution < -0.4 is 5.73 Å². The van der Waals surface area contributed by atoms with E-state index in [-0.39, 0.29) is 10.8 Å². The van der Waals surface area contributed by atoms with E-state index in [0.717, 1.165) is 11.0 Å². The van der Waals surface area contributed by atoms with Gasteiger partial charge in [0.25, 0.3) is 0 Å². The first-order valence-electron chi connectivity index (χ1n) is 6.18. The molecular formula is C14H12ClFN4. The predicted molar refractivity (Wildman–Crippen MR) is 76.6 cm³/mol. The van der Waals surface area contributed by atoms with Crippen molar-refractivity contribution in [1.29, 1.82) is 0 Å². The number of benzene rings is 1. The van der Waals surface area contributed by atoms with Crippen molar-refractivity contribution in [2.45, 2.75) is 6.42 Å². The van der Waals surface area contributed by atoms with Gasteiger partial charge in [-0.05, 0) is 24.7 Å². The lowest BCUT2D eigenvalue weighted by molar-refractivity contribution is 0.607. The van der Waals surface area contributed by atoms with Gasteiger partial charge in [0.2, 0.25) is 0 Å². The minimum atomic E-state index is -0.487. The molecule has 0 atom stereocenters. The summed E-state index contributed by atoms with van der Waals surface area (Å²) in [4.78, 5) is 8.57. The molecule has 0 aliphatic rings. The summed E-state index contributed by atoms with van der Waals surface area (Å²) in [6, 6.07) is 8.75. The summed E-state index contributed by atoms with van der Waals surface area (Å²) in [5.74, 6) is 0.382. The molecule has 2 aromatic heterocycles. The van der Waals surface area contributed by atoms with E-state index in [1.807, 2.05) is 24.3 Å². The smallest absolute Gasteiger partial charge is 0.175 e. The number of imidazole rings is 1. The van der Waals surface area contributed by atoms with Gasteiger partial charge >= 0.3 is 0 Å². The summed E-state index contributed by atoms with van der Waals surface area (Å²) in [6.07, 6.45) is 1.96. The average molecular weight is 291 g/mol. The Morgan fingerprint density at radius 1 is 1.30 bits per heavy atom. The van der Waals surface area contributed by atoms with Crippen LogP contribution in [0.25, 0.3) is 16.9 Å². The molecule has 1 aromatic carbocycles. The van der Waals surface area contributed by atoms with Crippen molar-refractivity contribution in [3.05, 3.63) is 53.2 Å². The van der Waals surface area contributed by atoms with Crippen LogP contribution in [0.3, 0.4) is 0 Å². The first kappa shape index (κ1) is 13.0. The Morgan fingerprint density at radius 3 is 2.85 bits per heavy atom. The summed E-state index contributed by atoms with van der Waals surface area (Å²) in [7, 11) is 0. The predicted octanol–water partition coefficient (Wildman–Crippen LogP) is 2.71. The van der Waals surface area contributed by atoms with Gasteiger partial charge in [-0.3, -0.25) is 4.57 Å². The van der Waals surface area contributed by atoms with E-state index in [4.69, 9.17) is 17.3 Å². The van der Waals surface area contributed by atoms with Crippen LogP contribution in [0.15, 0.2) is 36.5 Å². The molecule has 0 aliphatic carbocycles.